The number of ether oxygens (including phenoxy) is 1. The van der Waals surface area contributed by atoms with Gasteiger partial charge in [0.15, 0.2) is 5.69 Å². The molecule has 1 amide bonds. The molecule has 4 rings (SSSR count). The lowest BCUT2D eigenvalue weighted by molar-refractivity contribution is 0.102. The van der Waals surface area contributed by atoms with E-state index in [1.807, 2.05) is 58.5 Å². The fraction of sp³-hybridized carbons (Fsp3) is 0.250. The predicted molar refractivity (Wildman–Crippen MR) is 125 cm³/mol. The molecule has 3 aromatic heterocycles. The summed E-state index contributed by atoms with van der Waals surface area (Å²) in [6.45, 7) is 4.67. The van der Waals surface area contributed by atoms with Crippen LogP contribution in [-0.4, -0.2) is 51.2 Å². The smallest absolute Gasteiger partial charge is 0.276 e. The van der Waals surface area contributed by atoms with Gasteiger partial charge in [-0.1, -0.05) is 6.07 Å². The Kier molecular flexibility index (Phi) is 6.13. The Bertz CT molecular complexity index is 1230. The first-order chi connectivity index (χ1) is 15.4. The van der Waals surface area contributed by atoms with Gasteiger partial charge in [0.1, 0.15) is 0 Å². The van der Waals surface area contributed by atoms with Crippen molar-refractivity contribution in [3.05, 3.63) is 66.2 Å². The van der Waals surface area contributed by atoms with E-state index in [1.54, 1.807) is 18.3 Å². The van der Waals surface area contributed by atoms with Gasteiger partial charge in [0.05, 0.1) is 23.5 Å². The van der Waals surface area contributed by atoms with E-state index in [0.29, 0.717) is 17.3 Å². The first-order valence-corrected chi connectivity index (χ1v) is 10.4. The van der Waals surface area contributed by atoms with E-state index in [9.17, 15) is 4.79 Å². The molecular weight excluding hydrogens is 404 g/mol. The zero-order chi connectivity index (χ0) is 22.7. The van der Waals surface area contributed by atoms with Gasteiger partial charge < -0.3 is 15.0 Å². The molecule has 0 fully saturated rings. The molecule has 0 radical (unpaired) electrons. The van der Waals surface area contributed by atoms with Crippen molar-refractivity contribution in [2.75, 3.05) is 19.4 Å². The minimum atomic E-state index is -0.313. The molecule has 0 atom stereocenters. The topological polar surface area (TPSA) is 96.0 Å². The summed E-state index contributed by atoms with van der Waals surface area (Å²) in [6, 6.07) is 11.5. The molecule has 164 valence electrons. The van der Waals surface area contributed by atoms with Crippen LogP contribution in [0.4, 0.5) is 5.69 Å². The lowest BCUT2D eigenvalue weighted by atomic mass is 10.0. The number of rotatable bonds is 7. The summed E-state index contributed by atoms with van der Waals surface area (Å²) < 4.78 is 5.54. The molecule has 0 spiro atoms. The van der Waals surface area contributed by atoms with Gasteiger partial charge >= 0.3 is 0 Å². The summed E-state index contributed by atoms with van der Waals surface area (Å²) in [4.78, 5) is 23.6. The number of amides is 1. The summed E-state index contributed by atoms with van der Waals surface area (Å²) in [5.74, 6) is 0.199. The monoisotopic (exact) mass is 430 g/mol. The third-order valence-electron chi connectivity index (χ3n) is 4.76. The highest BCUT2D eigenvalue weighted by molar-refractivity contribution is 6.11. The summed E-state index contributed by atoms with van der Waals surface area (Å²) in [7, 11) is 4.05. The van der Waals surface area contributed by atoms with Crippen molar-refractivity contribution in [1.29, 1.82) is 0 Å². The first-order valence-electron chi connectivity index (χ1n) is 10.4. The summed E-state index contributed by atoms with van der Waals surface area (Å²) in [5, 5.41) is 10.8. The molecule has 0 aliphatic heterocycles. The average Bonchev–Trinajstić information content (AvgIpc) is 3.18. The van der Waals surface area contributed by atoms with Crippen molar-refractivity contribution in [3.63, 3.8) is 0 Å². The fourth-order valence-electron chi connectivity index (χ4n) is 3.42. The molecular formula is C24H26N6O2. The predicted octanol–water partition coefficient (Wildman–Crippen LogP) is 4.12. The largest absolute Gasteiger partial charge is 0.475 e. The lowest BCUT2D eigenvalue weighted by Gasteiger charge is -2.10. The van der Waals surface area contributed by atoms with Crippen molar-refractivity contribution >= 4 is 22.5 Å². The normalized spacial score (nSPS) is 11.3. The van der Waals surface area contributed by atoms with E-state index in [-0.39, 0.29) is 12.0 Å². The van der Waals surface area contributed by atoms with Crippen LogP contribution in [0.3, 0.4) is 0 Å². The van der Waals surface area contributed by atoms with Crippen LogP contribution in [0.2, 0.25) is 0 Å². The second-order valence-corrected chi connectivity index (χ2v) is 8.16. The molecule has 0 bridgehead atoms. The number of nitrogens with zero attached hydrogens (tertiary/aromatic N) is 4. The van der Waals surface area contributed by atoms with Crippen LogP contribution in [0.25, 0.3) is 22.0 Å². The third kappa shape index (κ3) is 4.92. The van der Waals surface area contributed by atoms with Gasteiger partial charge in [0.25, 0.3) is 5.91 Å². The van der Waals surface area contributed by atoms with E-state index in [0.717, 1.165) is 34.1 Å². The highest BCUT2D eigenvalue weighted by Crippen LogP contribution is 2.26. The molecule has 0 aliphatic rings. The quantitative estimate of drug-likeness (QED) is 0.458. The van der Waals surface area contributed by atoms with Gasteiger partial charge in [-0.3, -0.25) is 14.9 Å². The summed E-state index contributed by atoms with van der Waals surface area (Å²) in [5.41, 5.74) is 4.76. The number of hydrogen-bond donors (Lipinski definition) is 2. The molecule has 3 heterocycles. The van der Waals surface area contributed by atoms with Crippen molar-refractivity contribution in [3.8, 4) is 17.0 Å². The highest BCUT2D eigenvalue weighted by Gasteiger charge is 2.16. The number of hydrogen-bond acceptors (Lipinski definition) is 6. The second-order valence-electron chi connectivity index (χ2n) is 8.16. The van der Waals surface area contributed by atoms with Gasteiger partial charge in [-0.15, -0.1) is 0 Å². The van der Waals surface area contributed by atoms with Crippen LogP contribution in [-0.2, 0) is 6.54 Å². The Morgan fingerprint density at radius 3 is 2.66 bits per heavy atom. The molecule has 0 saturated carbocycles. The van der Waals surface area contributed by atoms with Crippen LogP contribution in [0, 0.1) is 0 Å². The van der Waals surface area contributed by atoms with Crippen LogP contribution in [0.15, 0.2) is 55.0 Å². The maximum Gasteiger partial charge on any atom is 0.276 e. The van der Waals surface area contributed by atoms with Crippen molar-refractivity contribution < 1.29 is 9.53 Å². The Morgan fingerprint density at radius 1 is 1.09 bits per heavy atom. The highest BCUT2D eigenvalue weighted by atomic mass is 16.5. The van der Waals surface area contributed by atoms with Gasteiger partial charge in [-0.05, 0) is 63.3 Å². The van der Waals surface area contributed by atoms with Gasteiger partial charge in [-0.25, -0.2) is 4.98 Å². The number of fused-ring (bicyclic) bond motifs is 1. The third-order valence-corrected chi connectivity index (χ3v) is 4.76. The van der Waals surface area contributed by atoms with Crippen molar-refractivity contribution in [2.45, 2.75) is 26.5 Å². The van der Waals surface area contributed by atoms with Crippen LogP contribution in [0.1, 0.15) is 29.9 Å². The minimum absolute atomic E-state index is 0.0336. The SMILES string of the molecule is CC(C)Oc1ccc(NC(=O)c2n[nH]c3ccc(-c4cncc(CN(C)C)c4)cc23)cn1. The number of benzene rings is 1. The first kappa shape index (κ1) is 21.5. The number of H-pyrrole nitrogens is 1. The Labute approximate surface area is 186 Å². The van der Waals surface area contributed by atoms with Gasteiger partial charge in [0, 0.05) is 36.0 Å². The van der Waals surface area contributed by atoms with Crippen LogP contribution < -0.4 is 10.1 Å². The van der Waals surface area contributed by atoms with Crippen molar-refractivity contribution in [2.24, 2.45) is 0 Å². The van der Waals surface area contributed by atoms with E-state index in [4.69, 9.17) is 4.74 Å². The van der Waals surface area contributed by atoms with Gasteiger partial charge in [-0.2, -0.15) is 5.10 Å². The Hall–Kier alpha value is -3.78. The molecule has 1 aromatic carbocycles. The number of carbonyl (C=O) groups is 1. The second kappa shape index (κ2) is 9.15. The average molecular weight is 431 g/mol. The molecule has 4 aromatic rings. The number of nitrogens with one attached hydrogen (secondary N) is 2. The van der Waals surface area contributed by atoms with Crippen LogP contribution in [0.5, 0.6) is 5.88 Å². The van der Waals surface area contributed by atoms with E-state index in [1.165, 1.54) is 0 Å². The zero-order valence-corrected chi connectivity index (χ0v) is 18.6. The molecule has 32 heavy (non-hydrogen) atoms. The molecule has 8 nitrogen and oxygen atoms in total. The number of aromatic nitrogens is 4. The molecule has 0 aliphatic carbocycles. The number of anilines is 1. The molecule has 2 N–H and O–H groups in total. The summed E-state index contributed by atoms with van der Waals surface area (Å²) in [6.07, 6.45) is 5.29. The van der Waals surface area contributed by atoms with E-state index < -0.39 is 0 Å². The van der Waals surface area contributed by atoms with Gasteiger partial charge in [0.2, 0.25) is 5.88 Å². The molecule has 0 saturated heterocycles. The number of carbonyl (C=O) groups excluding carboxylic acids is 1. The standard InChI is InChI=1S/C24H26N6O2/c1-15(2)32-22-8-6-19(13-26-22)27-24(31)23-20-10-17(5-7-21(20)28-29-23)18-9-16(11-25-12-18)14-30(3)4/h5-13,15H,14H2,1-4H3,(H,27,31)(H,28,29). The lowest BCUT2D eigenvalue weighted by Crippen LogP contribution is -2.13. The number of aromatic amines is 1. The molecule has 8 heteroatoms. The van der Waals surface area contributed by atoms with Crippen LogP contribution >= 0.6 is 0 Å². The Morgan fingerprint density at radius 2 is 1.94 bits per heavy atom. The summed E-state index contributed by atoms with van der Waals surface area (Å²) >= 11 is 0. The fourth-order valence-corrected chi connectivity index (χ4v) is 3.42. The van der Waals surface area contributed by atoms with Crippen molar-refractivity contribution in [1.82, 2.24) is 25.1 Å². The van der Waals surface area contributed by atoms with E-state index >= 15 is 0 Å². The minimum Gasteiger partial charge on any atom is -0.475 e. The maximum atomic E-state index is 12.9. The number of pyridine rings is 2. The van der Waals surface area contributed by atoms with E-state index in [2.05, 4.69) is 36.4 Å². The zero-order valence-electron chi connectivity index (χ0n) is 18.6. The maximum absolute atomic E-state index is 12.9. The Balaban J connectivity index is 1.58. The molecule has 0 unspecified atom stereocenters.